The van der Waals surface area contributed by atoms with E-state index in [-0.39, 0.29) is 42.0 Å². The summed E-state index contributed by atoms with van der Waals surface area (Å²) in [5.74, 6) is -0.696. The maximum absolute atomic E-state index is 12.6. The fourth-order valence-corrected chi connectivity index (χ4v) is 6.81. The molecular formula is C35H66O7Si. The molecule has 0 aromatic rings. The molecule has 0 bridgehead atoms. The molecule has 0 amide bonds. The van der Waals surface area contributed by atoms with Crippen LogP contribution in [0.15, 0.2) is 11.6 Å². The molecular weight excluding hydrogens is 560 g/mol. The van der Waals surface area contributed by atoms with Gasteiger partial charge in [-0.2, -0.15) is 0 Å². The topological polar surface area (TPSA) is 72.5 Å². The van der Waals surface area contributed by atoms with Gasteiger partial charge in [0.2, 0.25) is 0 Å². The van der Waals surface area contributed by atoms with Crippen LogP contribution in [0.5, 0.6) is 0 Å². The molecule has 2 aliphatic heterocycles. The van der Waals surface area contributed by atoms with Crippen LogP contribution >= 0.6 is 0 Å². The maximum atomic E-state index is 12.6. The number of allylic oxidation sites excluding steroid dienone is 2. The Bertz CT molecular complexity index is 849. The van der Waals surface area contributed by atoms with Gasteiger partial charge in [-0.15, -0.1) is 0 Å². The zero-order chi connectivity index (χ0) is 32.3. The number of rotatable bonds is 16. The lowest BCUT2D eigenvalue weighted by Crippen LogP contribution is -2.44. The van der Waals surface area contributed by atoms with Crippen molar-refractivity contribution >= 4 is 14.3 Å². The largest absolute Gasteiger partial charge is 0.460 e. The molecule has 4 atom stereocenters. The predicted octanol–water partition coefficient (Wildman–Crippen LogP) is 9.24. The van der Waals surface area contributed by atoms with Crippen LogP contribution in [0.3, 0.4) is 0 Å². The second-order valence-electron chi connectivity index (χ2n) is 15.7. The standard InChI is InChI=1S/C35H66O7Si/c1-27(21-22-30(26-31(36)41-33(2,3)4)39-32-20-12-13-24-37-32)16-14-18-29(42-43(10,11)34(5,6)7)19-15-17-28-23-25-38-35(8,9)40-28/h16,28-30,32H,12-15,17-26H2,1-11H3/b27-16-/t28-,29?,30+,32?/m1/s1. The fraction of sp³-hybridized carbons (Fsp3) is 0.914. The Morgan fingerprint density at radius 2 is 1.72 bits per heavy atom. The lowest BCUT2D eigenvalue weighted by Gasteiger charge is -2.40. The monoisotopic (exact) mass is 626 g/mol. The molecule has 0 aliphatic carbocycles. The molecule has 8 heteroatoms. The van der Waals surface area contributed by atoms with Crippen molar-refractivity contribution in [3.05, 3.63) is 11.6 Å². The molecule has 2 aliphatic rings. The molecule has 2 rings (SSSR count). The van der Waals surface area contributed by atoms with E-state index >= 15 is 0 Å². The van der Waals surface area contributed by atoms with Gasteiger partial charge in [0, 0.05) is 12.7 Å². The van der Waals surface area contributed by atoms with E-state index in [2.05, 4.69) is 46.9 Å². The van der Waals surface area contributed by atoms with Gasteiger partial charge in [-0.3, -0.25) is 4.79 Å². The zero-order valence-electron chi connectivity index (χ0n) is 29.6. The van der Waals surface area contributed by atoms with Gasteiger partial charge in [0.25, 0.3) is 0 Å². The van der Waals surface area contributed by atoms with E-state index in [1.165, 1.54) is 5.57 Å². The van der Waals surface area contributed by atoms with E-state index in [1.807, 2.05) is 34.6 Å². The minimum atomic E-state index is -1.89. The average Bonchev–Trinajstić information content (AvgIpc) is 2.85. The Hall–Kier alpha value is -0.773. The molecule has 7 nitrogen and oxygen atoms in total. The third-order valence-corrected chi connectivity index (χ3v) is 13.3. The zero-order valence-corrected chi connectivity index (χ0v) is 30.6. The minimum absolute atomic E-state index is 0.177. The first-order valence-corrected chi connectivity index (χ1v) is 19.9. The average molecular weight is 627 g/mol. The van der Waals surface area contributed by atoms with Gasteiger partial charge >= 0.3 is 5.97 Å². The van der Waals surface area contributed by atoms with Gasteiger partial charge in [-0.25, -0.2) is 0 Å². The number of hydrogen-bond donors (Lipinski definition) is 0. The summed E-state index contributed by atoms with van der Waals surface area (Å²) in [6.45, 7) is 25.0. The Kier molecular flexibility index (Phi) is 15.4. The first-order valence-electron chi connectivity index (χ1n) is 17.0. The van der Waals surface area contributed by atoms with Crippen molar-refractivity contribution in [2.24, 2.45) is 0 Å². The molecule has 0 radical (unpaired) electrons. The van der Waals surface area contributed by atoms with Crippen molar-refractivity contribution in [3.63, 3.8) is 0 Å². The number of esters is 1. The second kappa shape index (κ2) is 17.2. The lowest BCUT2D eigenvalue weighted by atomic mass is 10.0. The summed E-state index contributed by atoms with van der Waals surface area (Å²) in [5, 5.41) is 0.177. The minimum Gasteiger partial charge on any atom is -0.460 e. The summed E-state index contributed by atoms with van der Waals surface area (Å²) in [6.07, 6.45) is 13.5. The molecule has 0 aromatic heterocycles. The van der Waals surface area contributed by atoms with E-state index in [1.54, 1.807) is 0 Å². The Morgan fingerprint density at radius 1 is 1.00 bits per heavy atom. The van der Waals surface area contributed by atoms with Crippen molar-refractivity contribution < 1.29 is 32.9 Å². The normalized spacial score (nSPS) is 23.6. The van der Waals surface area contributed by atoms with Crippen molar-refractivity contribution in [2.45, 2.75) is 193 Å². The SMILES string of the molecule is C/C(=C/CCC(CCC[C@@H]1CCOC(C)(C)O1)O[Si](C)(C)C(C)(C)C)CC[C@@H](CC(=O)OC(C)(C)C)OC1CCCCO1. The fourth-order valence-electron chi connectivity index (χ4n) is 5.39. The molecule has 0 saturated carbocycles. The molecule has 0 N–H and O–H groups in total. The van der Waals surface area contributed by atoms with Crippen LogP contribution in [-0.2, 0) is 32.9 Å². The Morgan fingerprint density at radius 3 is 2.33 bits per heavy atom. The third kappa shape index (κ3) is 15.9. The van der Waals surface area contributed by atoms with E-state index in [9.17, 15) is 4.79 Å². The molecule has 2 heterocycles. The highest BCUT2D eigenvalue weighted by molar-refractivity contribution is 6.74. The van der Waals surface area contributed by atoms with Crippen LogP contribution in [-0.4, -0.2) is 63.5 Å². The first kappa shape index (κ1) is 38.4. The molecule has 0 spiro atoms. The number of hydrogen-bond acceptors (Lipinski definition) is 7. The predicted molar refractivity (Wildman–Crippen MR) is 177 cm³/mol. The van der Waals surface area contributed by atoms with Gasteiger partial charge in [-0.1, -0.05) is 32.4 Å². The summed E-state index contributed by atoms with van der Waals surface area (Å²) < 4.78 is 36.5. The van der Waals surface area contributed by atoms with Crippen LogP contribution in [0, 0.1) is 0 Å². The molecule has 43 heavy (non-hydrogen) atoms. The molecule has 0 aromatic carbocycles. The quantitative estimate of drug-likeness (QED) is 0.0960. The van der Waals surface area contributed by atoms with E-state index in [4.69, 9.17) is 28.1 Å². The molecule has 2 saturated heterocycles. The van der Waals surface area contributed by atoms with Crippen molar-refractivity contribution in [3.8, 4) is 0 Å². The molecule has 252 valence electrons. The molecule has 2 unspecified atom stereocenters. The van der Waals surface area contributed by atoms with Gasteiger partial charge in [0.1, 0.15) is 5.60 Å². The summed E-state index contributed by atoms with van der Waals surface area (Å²) >= 11 is 0. The lowest BCUT2D eigenvalue weighted by molar-refractivity contribution is -0.274. The third-order valence-electron chi connectivity index (χ3n) is 8.80. The van der Waals surface area contributed by atoms with Crippen molar-refractivity contribution in [1.82, 2.24) is 0 Å². The Balaban J connectivity index is 1.94. The summed E-state index contributed by atoms with van der Waals surface area (Å²) in [4.78, 5) is 12.6. The van der Waals surface area contributed by atoms with Gasteiger partial charge in [0.15, 0.2) is 20.4 Å². The van der Waals surface area contributed by atoms with Crippen LogP contribution in [0.4, 0.5) is 0 Å². The number of carbonyl (C=O) groups excluding carboxylic acids is 1. The van der Waals surface area contributed by atoms with Crippen LogP contribution < -0.4 is 0 Å². The number of ether oxygens (including phenoxy) is 5. The van der Waals surface area contributed by atoms with E-state index in [0.717, 1.165) is 83.8 Å². The van der Waals surface area contributed by atoms with E-state index < -0.39 is 19.7 Å². The van der Waals surface area contributed by atoms with Crippen molar-refractivity contribution in [2.75, 3.05) is 13.2 Å². The summed E-state index contributed by atoms with van der Waals surface area (Å²) in [7, 11) is -1.89. The molecule has 2 fully saturated rings. The van der Waals surface area contributed by atoms with E-state index in [0.29, 0.717) is 0 Å². The highest BCUT2D eigenvalue weighted by Gasteiger charge is 2.39. The highest BCUT2D eigenvalue weighted by atomic mass is 28.4. The van der Waals surface area contributed by atoms with Gasteiger partial charge in [0.05, 0.1) is 25.2 Å². The summed E-state index contributed by atoms with van der Waals surface area (Å²) in [5.41, 5.74) is 0.822. The highest BCUT2D eigenvalue weighted by Crippen LogP contribution is 2.38. The van der Waals surface area contributed by atoms with Crippen LogP contribution in [0.1, 0.15) is 139 Å². The maximum Gasteiger partial charge on any atom is 0.308 e. The second-order valence-corrected chi connectivity index (χ2v) is 20.5. The van der Waals surface area contributed by atoms with Crippen molar-refractivity contribution in [1.29, 1.82) is 0 Å². The summed E-state index contributed by atoms with van der Waals surface area (Å²) in [6, 6.07) is 0. The first-order chi connectivity index (χ1) is 19.9. The smallest absolute Gasteiger partial charge is 0.308 e. The van der Waals surface area contributed by atoms with Gasteiger partial charge in [-0.05, 0) is 130 Å². The van der Waals surface area contributed by atoms with Gasteiger partial charge < -0.3 is 28.1 Å². The number of carbonyl (C=O) groups is 1. The van der Waals surface area contributed by atoms with Crippen LogP contribution in [0.2, 0.25) is 18.1 Å². The Labute approximate surface area is 265 Å². The van der Waals surface area contributed by atoms with Crippen LogP contribution in [0.25, 0.3) is 0 Å².